The van der Waals surface area contributed by atoms with Crippen LogP contribution in [0.25, 0.3) is 0 Å². The molecule has 1 rings (SSSR count). The molecule has 1 saturated heterocycles. The minimum Gasteiger partial charge on any atom is -0.481 e. The van der Waals surface area contributed by atoms with Crippen LogP contribution in [0.4, 0.5) is 4.39 Å². The highest BCUT2D eigenvalue weighted by Crippen LogP contribution is 2.41. The number of rotatable bonds is 3. The van der Waals surface area contributed by atoms with E-state index in [9.17, 15) is 9.18 Å². The van der Waals surface area contributed by atoms with Crippen LogP contribution in [0.1, 0.15) is 26.2 Å². The maximum atomic E-state index is 13.5. The monoisotopic (exact) mass is 206 g/mol. The van der Waals surface area contributed by atoms with Gasteiger partial charge in [0.15, 0.2) is 0 Å². The molecule has 1 fully saturated rings. The van der Waals surface area contributed by atoms with Crippen LogP contribution in [-0.2, 0) is 4.79 Å². The van der Waals surface area contributed by atoms with Crippen molar-refractivity contribution in [3.05, 3.63) is 0 Å². The molecule has 2 unspecified atom stereocenters. The van der Waals surface area contributed by atoms with Crippen molar-refractivity contribution in [3.63, 3.8) is 0 Å². The molecule has 2 nitrogen and oxygen atoms in total. The van der Waals surface area contributed by atoms with Crippen molar-refractivity contribution >= 4 is 17.7 Å². The largest absolute Gasteiger partial charge is 0.481 e. The molecule has 0 amide bonds. The van der Waals surface area contributed by atoms with Crippen molar-refractivity contribution < 1.29 is 14.3 Å². The third-order valence-electron chi connectivity index (χ3n) is 2.68. The predicted octanol–water partition coefficient (Wildman–Crippen LogP) is 2.33. The fraction of sp³-hybridized carbons (Fsp3) is 0.889. The summed E-state index contributed by atoms with van der Waals surface area (Å²) in [4.78, 5) is 11.0. The van der Waals surface area contributed by atoms with Gasteiger partial charge in [0.05, 0.1) is 0 Å². The van der Waals surface area contributed by atoms with Crippen LogP contribution in [0, 0.1) is 5.41 Å². The van der Waals surface area contributed by atoms with Gasteiger partial charge in [-0.15, -0.1) is 0 Å². The van der Waals surface area contributed by atoms with E-state index in [1.807, 2.05) is 6.92 Å². The molecule has 0 aromatic heterocycles. The quantitative estimate of drug-likeness (QED) is 0.770. The summed E-state index contributed by atoms with van der Waals surface area (Å²) >= 11 is 1.51. The van der Waals surface area contributed by atoms with Gasteiger partial charge in [-0.2, -0.15) is 11.8 Å². The minimum atomic E-state index is -1.18. The third-order valence-corrected chi connectivity index (χ3v) is 3.70. The molecule has 13 heavy (non-hydrogen) atoms. The van der Waals surface area contributed by atoms with Crippen LogP contribution in [0.3, 0.4) is 0 Å². The molecule has 0 aromatic rings. The van der Waals surface area contributed by atoms with Gasteiger partial charge < -0.3 is 5.11 Å². The first-order valence-corrected chi connectivity index (χ1v) is 5.74. The summed E-state index contributed by atoms with van der Waals surface area (Å²) in [5.41, 5.74) is -1.08. The van der Waals surface area contributed by atoms with Crippen LogP contribution in [0.2, 0.25) is 0 Å². The molecule has 1 heterocycles. The van der Waals surface area contributed by atoms with Crippen LogP contribution >= 0.6 is 11.8 Å². The first-order valence-electron chi connectivity index (χ1n) is 4.58. The summed E-state index contributed by atoms with van der Waals surface area (Å²) in [6.07, 6.45) is 0.493. The number of hydrogen-bond donors (Lipinski definition) is 1. The summed E-state index contributed by atoms with van der Waals surface area (Å²) in [5, 5.41) is 9.04. The molecule has 1 N–H and O–H groups in total. The number of thioether (sulfide) groups is 1. The predicted molar refractivity (Wildman–Crippen MR) is 51.8 cm³/mol. The second-order valence-electron chi connectivity index (χ2n) is 3.50. The third kappa shape index (κ3) is 1.98. The highest BCUT2D eigenvalue weighted by molar-refractivity contribution is 7.99. The molecular formula is C9H15FO2S. The maximum absolute atomic E-state index is 13.5. The van der Waals surface area contributed by atoms with Crippen LogP contribution in [0.15, 0.2) is 0 Å². The molecule has 0 spiro atoms. The highest BCUT2D eigenvalue weighted by Gasteiger charge is 2.47. The molecule has 0 aliphatic carbocycles. The molecule has 1 aliphatic rings. The Morgan fingerprint density at radius 1 is 1.77 bits per heavy atom. The van der Waals surface area contributed by atoms with Crippen molar-refractivity contribution in [1.82, 2.24) is 0 Å². The number of alkyl halides is 1. The Morgan fingerprint density at radius 2 is 2.46 bits per heavy atom. The Morgan fingerprint density at radius 3 is 2.92 bits per heavy atom. The zero-order chi connectivity index (χ0) is 9.90. The summed E-state index contributed by atoms with van der Waals surface area (Å²) < 4.78 is 13.5. The Hall–Kier alpha value is -0.250. The van der Waals surface area contributed by atoms with Gasteiger partial charge in [-0.05, 0) is 18.6 Å². The standard InChI is InChI=1S/C9H15FO2S/c1-2-3-9(8(11)12)4-5-13-6-7(9)10/h7H,2-6H2,1H3,(H,11,12). The smallest absolute Gasteiger partial charge is 0.312 e. The fourth-order valence-corrected chi connectivity index (χ4v) is 3.03. The van der Waals surface area contributed by atoms with E-state index < -0.39 is 17.6 Å². The van der Waals surface area contributed by atoms with E-state index in [2.05, 4.69) is 0 Å². The summed E-state index contributed by atoms with van der Waals surface area (Å²) in [7, 11) is 0. The minimum absolute atomic E-state index is 0.340. The van der Waals surface area contributed by atoms with Crippen molar-refractivity contribution in [2.75, 3.05) is 11.5 Å². The average molecular weight is 206 g/mol. The number of carboxylic acid groups (broad SMARTS) is 1. The second-order valence-corrected chi connectivity index (χ2v) is 4.65. The van der Waals surface area contributed by atoms with Gasteiger partial charge in [-0.25, -0.2) is 4.39 Å². The zero-order valence-electron chi connectivity index (χ0n) is 7.75. The highest BCUT2D eigenvalue weighted by atomic mass is 32.2. The van der Waals surface area contributed by atoms with Crippen molar-refractivity contribution in [2.45, 2.75) is 32.4 Å². The first kappa shape index (κ1) is 10.8. The maximum Gasteiger partial charge on any atom is 0.312 e. The topological polar surface area (TPSA) is 37.3 Å². The Labute approximate surface area is 81.9 Å². The van der Waals surface area contributed by atoms with E-state index in [1.54, 1.807) is 0 Å². The van der Waals surface area contributed by atoms with E-state index in [0.717, 1.165) is 12.2 Å². The van der Waals surface area contributed by atoms with E-state index in [4.69, 9.17) is 5.11 Å². The van der Waals surface area contributed by atoms with Gasteiger partial charge in [0, 0.05) is 5.75 Å². The van der Waals surface area contributed by atoms with E-state index in [-0.39, 0.29) is 0 Å². The summed E-state index contributed by atoms with van der Waals surface area (Å²) in [6, 6.07) is 0. The van der Waals surface area contributed by atoms with Gasteiger partial charge in [0.25, 0.3) is 0 Å². The molecule has 0 bridgehead atoms. The Kier molecular flexibility index (Phi) is 3.59. The first-order chi connectivity index (χ1) is 6.13. The molecule has 4 heteroatoms. The van der Waals surface area contributed by atoms with Crippen LogP contribution < -0.4 is 0 Å². The van der Waals surface area contributed by atoms with E-state index in [1.165, 1.54) is 11.8 Å². The van der Waals surface area contributed by atoms with Crippen molar-refractivity contribution in [3.8, 4) is 0 Å². The Balaban J connectivity index is 2.79. The van der Waals surface area contributed by atoms with Gasteiger partial charge in [0.2, 0.25) is 0 Å². The van der Waals surface area contributed by atoms with Gasteiger partial charge in [0.1, 0.15) is 11.6 Å². The van der Waals surface area contributed by atoms with Gasteiger partial charge in [-0.3, -0.25) is 4.79 Å². The number of aliphatic carboxylic acids is 1. The lowest BCUT2D eigenvalue weighted by Gasteiger charge is -2.35. The molecule has 76 valence electrons. The van der Waals surface area contributed by atoms with Crippen LogP contribution in [0.5, 0.6) is 0 Å². The number of carboxylic acids is 1. The molecule has 0 saturated carbocycles. The molecule has 0 radical (unpaired) electrons. The zero-order valence-corrected chi connectivity index (χ0v) is 8.57. The lowest BCUT2D eigenvalue weighted by Crippen LogP contribution is -2.44. The molecule has 1 aliphatic heterocycles. The number of hydrogen-bond acceptors (Lipinski definition) is 2. The van der Waals surface area contributed by atoms with Crippen molar-refractivity contribution in [1.29, 1.82) is 0 Å². The second kappa shape index (κ2) is 4.31. The van der Waals surface area contributed by atoms with Crippen molar-refractivity contribution in [2.24, 2.45) is 5.41 Å². The fourth-order valence-electron chi connectivity index (χ4n) is 1.83. The normalized spacial score (nSPS) is 34.5. The SMILES string of the molecule is CCCC1(C(=O)O)CCSCC1F. The van der Waals surface area contributed by atoms with E-state index >= 15 is 0 Å². The Bertz CT molecular complexity index is 194. The van der Waals surface area contributed by atoms with Gasteiger partial charge >= 0.3 is 5.97 Å². The van der Waals surface area contributed by atoms with Crippen LogP contribution in [-0.4, -0.2) is 28.8 Å². The molecule has 0 aromatic carbocycles. The summed E-state index contributed by atoms with van der Waals surface area (Å²) in [5.74, 6) is 0.154. The van der Waals surface area contributed by atoms with E-state index in [0.29, 0.717) is 18.6 Å². The lowest BCUT2D eigenvalue weighted by molar-refractivity contribution is -0.154. The number of carbonyl (C=O) groups is 1. The number of halogens is 1. The van der Waals surface area contributed by atoms with Gasteiger partial charge in [-0.1, -0.05) is 13.3 Å². The lowest BCUT2D eigenvalue weighted by atomic mass is 9.77. The molecule has 2 atom stereocenters. The average Bonchev–Trinajstić information content (AvgIpc) is 2.09. The summed E-state index contributed by atoms with van der Waals surface area (Å²) in [6.45, 7) is 1.90. The molecular weight excluding hydrogens is 191 g/mol.